The first-order valence-corrected chi connectivity index (χ1v) is 10.6. The predicted octanol–water partition coefficient (Wildman–Crippen LogP) is 2.90. The highest BCUT2D eigenvalue weighted by molar-refractivity contribution is 5.99. The fraction of sp³-hybridized carbons (Fsp3) is 0.208. The maximum atomic E-state index is 13.0. The number of anilines is 1. The highest BCUT2D eigenvalue weighted by atomic mass is 16.5. The van der Waals surface area contributed by atoms with E-state index in [0.29, 0.717) is 12.3 Å². The number of fused-ring (bicyclic) bond motifs is 2. The van der Waals surface area contributed by atoms with Crippen LogP contribution in [0.3, 0.4) is 0 Å². The lowest BCUT2D eigenvalue weighted by Gasteiger charge is -2.17. The molecule has 33 heavy (non-hydrogen) atoms. The molecule has 0 saturated heterocycles. The number of hydrogen-bond acceptors (Lipinski definition) is 4. The van der Waals surface area contributed by atoms with Crippen molar-refractivity contribution in [3.63, 3.8) is 0 Å². The van der Waals surface area contributed by atoms with Gasteiger partial charge in [0.2, 0.25) is 5.91 Å². The lowest BCUT2D eigenvalue weighted by molar-refractivity contribution is -0.143. The van der Waals surface area contributed by atoms with E-state index in [9.17, 15) is 14.4 Å². The van der Waals surface area contributed by atoms with Crippen molar-refractivity contribution in [2.24, 2.45) is 5.73 Å². The van der Waals surface area contributed by atoms with Crippen LogP contribution in [0.4, 0.5) is 10.5 Å². The Morgan fingerprint density at radius 2 is 1.97 bits per heavy atom. The topological polar surface area (TPSA) is 131 Å². The number of ether oxygens (including phenoxy) is 1. The van der Waals surface area contributed by atoms with E-state index < -0.39 is 12.1 Å². The maximum absolute atomic E-state index is 13.0. The minimum atomic E-state index is -0.856. The van der Waals surface area contributed by atoms with Crippen LogP contribution in [0.25, 0.3) is 21.8 Å². The van der Waals surface area contributed by atoms with Gasteiger partial charge in [-0.1, -0.05) is 18.2 Å². The van der Waals surface area contributed by atoms with E-state index in [1.54, 1.807) is 23.8 Å². The molecule has 5 N–H and O–H groups in total. The zero-order valence-corrected chi connectivity index (χ0v) is 18.1. The second-order valence-electron chi connectivity index (χ2n) is 7.64. The van der Waals surface area contributed by atoms with Crippen molar-refractivity contribution >= 4 is 45.4 Å². The van der Waals surface area contributed by atoms with E-state index in [4.69, 9.17) is 10.5 Å². The molecule has 9 nitrogen and oxygen atoms in total. The summed E-state index contributed by atoms with van der Waals surface area (Å²) in [6, 6.07) is 13.3. The van der Waals surface area contributed by atoms with Gasteiger partial charge in [0.1, 0.15) is 12.6 Å². The number of aromatic nitrogens is 2. The number of esters is 1. The Morgan fingerprint density at radius 1 is 1.15 bits per heavy atom. The molecule has 2 aromatic carbocycles. The minimum absolute atomic E-state index is 0.109. The smallest absolute Gasteiger partial charge is 0.325 e. The number of hydrogen-bond donors (Lipinski definition) is 4. The Bertz CT molecular complexity index is 1320. The van der Waals surface area contributed by atoms with Gasteiger partial charge in [-0.25, -0.2) is 4.79 Å². The van der Waals surface area contributed by atoms with Gasteiger partial charge in [0.05, 0.1) is 6.61 Å². The number of rotatable bonds is 8. The number of aromatic amines is 1. The van der Waals surface area contributed by atoms with Crippen molar-refractivity contribution in [1.29, 1.82) is 0 Å². The molecule has 0 aliphatic carbocycles. The highest BCUT2D eigenvalue weighted by Gasteiger charge is 2.22. The third kappa shape index (κ3) is 4.98. The largest absolute Gasteiger partial charge is 0.465 e. The lowest BCUT2D eigenvalue weighted by Crippen LogP contribution is -2.47. The maximum Gasteiger partial charge on any atom is 0.325 e. The second kappa shape index (κ2) is 9.47. The Balaban J connectivity index is 1.51. The van der Waals surface area contributed by atoms with Crippen molar-refractivity contribution in [1.82, 2.24) is 14.9 Å². The average Bonchev–Trinajstić information content (AvgIpc) is 3.37. The number of nitrogens with zero attached hydrogens (tertiary/aromatic N) is 1. The number of nitrogens with one attached hydrogen (secondary N) is 3. The number of primary amides is 1. The fourth-order valence-electron chi connectivity index (χ4n) is 3.89. The summed E-state index contributed by atoms with van der Waals surface area (Å²) >= 11 is 0. The molecular weight excluding hydrogens is 422 g/mol. The first-order chi connectivity index (χ1) is 15.9. The molecule has 2 aromatic heterocycles. The van der Waals surface area contributed by atoms with Crippen LogP contribution in [0.5, 0.6) is 0 Å². The molecule has 0 aliphatic heterocycles. The monoisotopic (exact) mass is 447 g/mol. The molecule has 170 valence electrons. The highest BCUT2D eigenvalue weighted by Crippen LogP contribution is 2.22. The van der Waals surface area contributed by atoms with Gasteiger partial charge in [0.15, 0.2) is 0 Å². The summed E-state index contributed by atoms with van der Waals surface area (Å²) in [7, 11) is 0. The summed E-state index contributed by atoms with van der Waals surface area (Å²) in [5, 5.41) is 7.22. The first kappa shape index (κ1) is 21.9. The van der Waals surface area contributed by atoms with Gasteiger partial charge >= 0.3 is 12.0 Å². The van der Waals surface area contributed by atoms with E-state index in [0.717, 1.165) is 27.4 Å². The molecule has 0 spiro atoms. The number of nitrogens with two attached hydrogens (primary N) is 1. The van der Waals surface area contributed by atoms with Gasteiger partial charge in [0.25, 0.3) is 0 Å². The van der Waals surface area contributed by atoms with Crippen LogP contribution >= 0.6 is 0 Å². The molecule has 1 unspecified atom stereocenters. The summed E-state index contributed by atoms with van der Waals surface area (Å²) in [4.78, 5) is 39.5. The summed E-state index contributed by atoms with van der Waals surface area (Å²) in [5.41, 5.74) is 8.57. The number of amides is 3. The molecule has 0 fully saturated rings. The number of benzene rings is 2. The van der Waals surface area contributed by atoms with Gasteiger partial charge in [-0.3, -0.25) is 9.59 Å². The Kier molecular flexibility index (Phi) is 6.30. The molecule has 9 heteroatoms. The zero-order valence-electron chi connectivity index (χ0n) is 18.1. The summed E-state index contributed by atoms with van der Waals surface area (Å²) in [5.74, 6) is -0.700. The van der Waals surface area contributed by atoms with Crippen molar-refractivity contribution in [3.05, 3.63) is 66.5 Å². The Hall–Kier alpha value is -4.27. The molecule has 2 heterocycles. The average molecular weight is 447 g/mol. The molecule has 4 rings (SSSR count). The van der Waals surface area contributed by atoms with Crippen LogP contribution in [0.15, 0.2) is 60.9 Å². The van der Waals surface area contributed by atoms with Crippen LogP contribution in [0.1, 0.15) is 12.5 Å². The third-order valence-electron chi connectivity index (χ3n) is 5.38. The Morgan fingerprint density at radius 3 is 2.76 bits per heavy atom. The van der Waals surface area contributed by atoms with Gasteiger partial charge < -0.3 is 30.7 Å². The summed E-state index contributed by atoms with van der Waals surface area (Å²) in [6.45, 7) is 2.20. The van der Waals surface area contributed by atoms with Crippen molar-refractivity contribution in [3.8, 4) is 0 Å². The van der Waals surface area contributed by atoms with E-state index >= 15 is 0 Å². The van der Waals surface area contributed by atoms with Crippen LogP contribution in [0.2, 0.25) is 0 Å². The number of H-pyrrole nitrogens is 1. The molecule has 0 bridgehead atoms. The molecule has 0 aliphatic rings. The first-order valence-electron chi connectivity index (χ1n) is 10.6. The number of carbonyl (C=O) groups excluding carboxylic acids is 3. The van der Waals surface area contributed by atoms with E-state index in [2.05, 4.69) is 15.6 Å². The van der Waals surface area contributed by atoms with Crippen LogP contribution in [0, 0.1) is 0 Å². The Labute approximate surface area is 189 Å². The molecule has 1 atom stereocenters. The number of para-hydroxylation sites is 1. The van der Waals surface area contributed by atoms with Crippen molar-refractivity contribution in [2.45, 2.75) is 25.9 Å². The molecular formula is C24H25N5O4. The van der Waals surface area contributed by atoms with Crippen LogP contribution in [-0.2, 0) is 27.3 Å². The third-order valence-corrected chi connectivity index (χ3v) is 5.38. The predicted molar refractivity (Wildman–Crippen MR) is 126 cm³/mol. The van der Waals surface area contributed by atoms with Crippen LogP contribution in [-0.4, -0.2) is 40.1 Å². The lowest BCUT2D eigenvalue weighted by atomic mass is 10.0. The molecule has 3 amide bonds. The summed E-state index contributed by atoms with van der Waals surface area (Å²) < 4.78 is 6.79. The van der Waals surface area contributed by atoms with Crippen LogP contribution < -0.4 is 16.4 Å². The number of carbonyl (C=O) groups is 3. The second-order valence-corrected chi connectivity index (χ2v) is 7.64. The van der Waals surface area contributed by atoms with Gasteiger partial charge in [-0.05, 0) is 42.8 Å². The van der Waals surface area contributed by atoms with Crippen molar-refractivity contribution < 1.29 is 19.1 Å². The van der Waals surface area contributed by atoms with Gasteiger partial charge in [-0.15, -0.1) is 0 Å². The summed E-state index contributed by atoms with van der Waals surface area (Å²) in [6.07, 6.45) is 3.89. The van der Waals surface area contributed by atoms with Gasteiger partial charge in [0, 0.05) is 46.3 Å². The quantitative estimate of drug-likeness (QED) is 0.309. The van der Waals surface area contributed by atoms with Crippen molar-refractivity contribution in [2.75, 3.05) is 11.9 Å². The normalized spacial score (nSPS) is 11.9. The molecule has 0 radical (unpaired) electrons. The minimum Gasteiger partial charge on any atom is -0.465 e. The molecule has 0 saturated carbocycles. The molecule has 4 aromatic rings. The van der Waals surface area contributed by atoms with E-state index in [1.165, 1.54) is 0 Å². The standard InChI is InChI=1S/C24H25N5O4/c1-2-33-22(30)14-29-10-9-15-11-17(7-8-21(15)29)27-23(31)20(28-24(25)32)12-16-13-26-19-6-4-3-5-18(16)19/h3-11,13,20,26H,2,12,14H2,1H3,(H,27,31)(H3,25,28,32). The zero-order chi connectivity index (χ0) is 23.4. The van der Waals surface area contributed by atoms with E-state index in [-0.39, 0.29) is 24.8 Å². The fourth-order valence-corrected chi connectivity index (χ4v) is 3.89. The van der Waals surface area contributed by atoms with Gasteiger partial charge in [-0.2, -0.15) is 0 Å². The van der Waals surface area contributed by atoms with E-state index in [1.807, 2.05) is 48.7 Å². The SMILES string of the molecule is CCOC(=O)Cn1ccc2cc(NC(=O)C(Cc3c[nH]c4ccccc34)NC(N)=O)ccc21. The number of urea groups is 1.